The molecule has 1 aliphatic rings. The number of hydrogen-bond donors (Lipinski definition) is 1. The van der Waals surface area contributed by atoms with E-state index in [1.807, 2.05) is 4.90 Å². The summed E-state index contributed by atoms with van der Waals surface area (Å²) in [4.78, 5) is 17.9. The Morgan fingerprint density at radius 3 is 2.65 bits per heavy atom. The molecule has 0 saturated carbocycles. The van der Waals surface area contributed by atoms with Gasteiger partial charge in [-0.2, -0.15) is 0 Å². The Kier molecular flexibility index (Phi) is 4.20. The van der Waals surface area contributed by atoms with Gasteiger partial charge >= 0.3 is 6.03 Å². The summed E-state index contributed by atoms with van der Waals surface area (Å²) < 4.78 is 0. The molecule has 0 radical (unpaired) electrons. The fraction of sp³-hybridized carbons (Fsp3) is 0.500. The number of rotatable bonds is 1. The average molecular weight is 254 g/mol. The van der Waals surface area contributed by atoms with Crippen LogP contribution in [0, 0.1) is 0 Å². The first-order chi connectivity index (χ1) is 8.25. The van der Waals surface area contributed by atoms with E-state index in [-0.39, 0.29) is 6.03 Å². The molecule has 2 amide bonds. The molecule has 1 aromatic heterocycles. The average Bonchev–Trinajstić information content (AvgIpc) is 2.57. The van der Waals surface area contributed by atoms with E-state index in [2.05, 4.69) is 10.3 Å². The van der Waals surface area contributed by atoms with E-state index in [1.165, 1.54) is 12.8 Å². The summed E-state index contributed by atoms with van der Waals surface area (Å²) in [5.74, 6) is 0.506. The van der Waals surface area contributed by atoms with Crippen molar-refractivity contribution in [3.8, 4) is 0 Å². The summed E-state index contributed by atoms with van der Waals surface area (Å²) in [7, 11) is 0. The van der Waals surface area contributed by atoms with Crippen molar-refractivity contribution < 1.29 is 4.79 Å². The van der Waals surface area contributed by atoms with E-state index >= 15 is 0 Å². The highest BCUT2D eigenvalue weighted by molar-refractivity contribution is 6.30. The monoisotopic (exact) mass is 253 g/mol. The number of likely N-dealkylation sites (tertiary alicyclic amines) is 1. The van der Waals surface area contributed by atoms with Crippen LogP contribution >= 0.6 is 11.6 Å². The molecule has 0 aliphatic carbocycles. The number of halogens is 1. The van der Waals surface area contributed by atoms with E-state index < -0.39 is 0 Å². The van der Waals surface area contributed by atoms with Crippen LogP contribution in [0.1, 0.15) is 25.7 Å². The molecule has 1 saturated heterocycles. The molecule has 0 spiro atoms. The maximum absolute atomic E-state index is 12.0. The zero-order chi connectivity index (χ0) is 12.1. The van der Waals surface area contributed by atoms with Gasteiger partial charge in [0.25, 0.3) is 0 Å². The summed E-state index contributed by atoms with van der Waals surface area (Å²) in [6.45, 7) is 1.65. The number of nitrogens with one attached hydrogen (secondary N) is 1. The number of anilines is 1. The van der Waals surface area contributed by atoms with E-state index in [9.17, 15) is 4.79 Å². The van der Waals surface area contributed by atoms with E-state index in [0.717, 1.165) is 25.9 Å². The minimum atomic E-state index is -0.0818. The van der Waals surface area contributed by atoms with Crippen molar-refractivity contribution in [2.75, 3.05) is 18.4 Å². The molecule has 1 aliphatic heterocycles. The number of urea groups is 1. The van der Waals surface area contributed by atoms with Gasteiger partial charge < -0.3 is 4.90 Å². The topological polar surface area (TPSA) is 45.2 Å². The molecule has 0 unspecified atom stereocenters. The summed E-state index contributed by atoms with van der Waals surface area (Å²) >= 11 is 5.84. The molecule has 0 aromatic carbocycles. The molecule has 0 atom stereocenters. The van der Waals surface area contributed by atoms with Crippen LogP contribution in [0.3, 0.4) is 0 Å². The number of pyridine rings is 1. The van der Waals surface area contributed by atoms with Crippen LogP contribution < -0.4 is 5.32 Å². The van der Waals surface area contributed by atoms with Gasteiger partial charge in [0, 0.05) is 24.3 Å². The predicted molar refractivity (Wildman–Crippen MR) is 68.3 cm³/mol. The molecule has 92 valence electrons. The van der Waals surface area contributed by atoms with Crippen molar-refractivity contribution in [1.82, 2.24) is 9.88 Å². The standard InChI is InChI=1S/C12H16ClN3O/c13-10-5-6-14-11(9-10)15-12(17)16-7-3-1-2-4-8-16/h5-6,9H,1-4,7-8H2,(H,14,15,17). The minimum absolute atomic E-state index is 0.0818. The first kappa shape index (κ1) is 12.2. The Morgan fingerprint density at radius 1 is 1.29 bits per heavy atom. The van der Waals surface area contributed by atoms with E-state index in [0.29, 0.717) is 10.8 Å². The Bertz CT molecular complexity index is 389. The third-order valence-corrected chi connectivity index (χ3v) is 3.09. The normalized spacial score (nSPS) is 16.4. The number of carbonyl (C=O) groups is 1. The zero-order valence-electron chi connectivity index (χ0n) is 9.66. The van der Waals surface area contributed by atoms with Gasteiger partial charge in [-0.3, -0.25) is 5.32 Å². The number of hydrogen-bond acceptors (Lipinski definition) is 2. The maximum Gasteiger partial charge on any atom is 0.323 e. The van der Waals surface area contributed by atoms with Crippen molar-refractivity contribution in [2.24, 2.45) is 0 Å². The smallest absolute Gasteiger partial charge is 0.323 e. The zero-order valence-corrected chi connectivity index (χ0v) is 10.4. The van der Waals surface area contributed by atoms with Crippen molar-refractivity contribution in [1.29, 1.82) is 0 Å². The summed E-state index contributed by atoms with van der Waals surface area (Å²) in [5.41, 5.74) is 0. The Balaban J connectivity index is 1.95. The SMILES string of the molecule is O=C(Nc1cc(Cl)ccn1)N1CCCCCC1. The molecule has 5 heteroatoms. The lowest BCUT2D eigenvalue weighted by Crippen LogP contribution is -2.35. The van der Waals surface area contributed by atoms with Gasteiger partial charge in [-0.1, -0.05) is 24.4 Å². The first-order valence-electron chi connectivity index (χ1n) is 5.93. The highest BCUT2D eigenvalue weighted by Crippen LogP contribution is 2.14. The largest absolute Gasteiger partial charge is 0.325 e. The molecular formula is C12H16ClN3O. The first-order valence-corrected chi connectivity index (χ1v) is 6.31. The highest BCUT2D eigenvalue weighted by Gasteiger charge is 2.15. The number of amides is 2. The predicted octanol–water partition coefficient (Wildman–Crippen LogP) is 3.14. The van der Waals surface area contributed by atoms with Crippen LogP contribution in [0.15, 0.2) is 18.3 Å². The van der Waals surface area contributed by atoms with Crippen LogP contribution in [-0.2, 0) is 0 Å². The molecule has 2 rings (SSSR count). The number of aromatic nitrogens is 1. The molecule has 2 heterocycles. The maximum atomic E-state index is 12.0. The van der Waals surface area contributed by atoms with Crippen molar-refractivity contribution in [3.05, 3.63) is 23.4 Å². The fourth-order valence-electron chi connectivity index (χ4n) is 1.94. The lowest BCUT2D eigenvalue weighted by Gasteiger charge is -2.20. The minimum Gasteiger partial charge on any atom is -0.325 e. The van der Waals surface area contributed by atoms with Gasteiger partial charge in [-0.05, 0) is 25.0 Å². The second kappa shape index (κ2) is 5.87. The molecular weight excluding hydrogens is 238 g/mol. The van der Waals surface area contributed by atoms with Gasteiger partial charge in [0.15, 0.2) is 0 Å². The van der Waals surface area contributed by atoms with Crippen molar-refractivity contribution in [3.63, 3.8) is 0 Å². The second-order valence-corrected chi connectivity index (χ2v) is 4.63. The molecule has 4 nitrogen and oxygen atoms in total. The van der Waals surface area contributed by atoms with Crippen molar-refractivity contribution in [2.45, 2.75) is 25.7 Å². The number of carbonyl (C=O) groups excluding carboxylic acids is 1. The van der Waals surface area contributed by atoms with Crippen LogP contribution in [0.2, 0.25) is 5.02 Å². The van der Waals surface area contributed by atoms with Gasteiger partial charge in [0.1, 0.15) is 5.82 Å². The van der Waals surface area contributed by atoms with Gasteiger partial charge in [-0.15, -0.1) is 0 Å². The van der Waals surface area contributed by atoms with Gasteiger partial charge in [0.05, 0.1) is 0 Å². The summed E-state index contributed by atoms with van der Waals surface area (Å²) in [5, 5.41) is 3.35. The molecule has 17 heavy (non-hydrogen) atoms. The molecule has 0 bridgehead atoms. The lowest BCUT2D eigenvalue weighted by atomic mass is 10.2. The summed E-state index contributed by atoms with van der Waals surface area (Å²) in [6, 6.07) is 3.25. The van der Waals surface area contributed by atoms with E-state index in [1.54, 1.807) is 18.3 Å². The summed E-state index contributed by atoms with van der Waals surface area (Å²) in [6.07, 6.45) is 6.16. The Hall–Kier alpha value is -1.29. The third-order valence-electron chi connectivity index (χ3n) is 2.85. The van der Waals surface area contributed by atoms with E-state index in [4.69, 9.17) is 11.6 Å². The lowest BCUT2D eigenvalue weighted by molar-refractivity contribution is 0.213. The Labute approximate surface area is 106 Å². The third kappa shape index (κ3) is 3.60. The van der Waals surface area contributed by atoms with Crippen LogP contribution in [0.5, 0.6) is 0 Å². The quantitative estimate of drug-likeness (QED) is 0.836. The van der Waals surface area contributed by atoms with Crippen LogP contribution in [0.4, 0.5) is 10.6 Å². The molecule has 1 fully saturated rings. The Morgan fingerprint density at radius 2 is 2.00 bits per heavy atom. The fourth-order valence-corrected chi connectivity index (χ4v) is 2.10. The molecule has 1 aromatic rings. The highest BCUT2D eigenvalue weighted by atomic mass is 35.5. The van der Waals surface area contributed by atoms with Crippen molar-refractivity contribution >= 4 is 23.4 Å². The van der Waals surface area contributed by atoms with Crippen LogP contribution in [0.25, 0.3) is 0 Å². The van der Waals surface area contributed by atoms with Crippen LogP contribution in [-0.4, -0.2) is 29.0 Å². The van der Waals surface area contributed by atoms with Gasteiger partial charge in [-0.25, -0.2) is 9.78 Å². The number of nitrogens with zero attached hydrogens (tertiary/aromatic N) is 2. The second-order valence-electron chi connectivity index (χ2n) is 4.19. The molecule has 1 N–H and O–H groups in total. The van der Waals surface area contributed by atoms with Gasteiger partial charge in [0.2, 0.25) is 0 Å².